The molecule has 12 heteroatoms. The molecule has 0 aliphatic carbocycles. The summed E-state index contributed by atoms with van der Waals surface area (Å²) < 4.78 is 16.3. The van der Waals surface area contributed by atoms with Gasteiger partial charge in [-0.2, -0.15) is 0 Å². The molecule has 10 nitrogen and oxygen atoms in total. The first-order chi connectivity index (χ1) is 19.7. The number of ether oxygens (including phenoxy) is 3. The van der Waals surface area contributed by atoms with Gasteiger partial charge >= 0.3 is 0 Å². The molecule has 0 aromatic heterocycles. The van der Waals surface area contributed by atoms with Crippen LogP contribution in [0, 0.1) is 6.92 Å². The summed E-state index contributed by atoms with van der Waals surface area (Å²) in [7, 11) is 2.95. The SMILES string of the molecule is COc1ccccc1NC(=O)COc1ccc(/C=C2\SC(=O)N(CC(=O)Nc3cc(Cl)ccc3C)C2=O)cc1OC. The number of thioether (sulfide) groups is 1. The Hall–Kier alpha value is -4.48. The van der Waals surface area contributed by atoms with Gasteiger partial charge < -0.3 is 24.8 Å². The Labute approximate surface area is 245 Å². The molecule has 1 saturated heterocycles. The van der Waals surface area contributed by atoms with Gasteiger partial charge in [-0.05, 0) is 72.3 Å². The zero-order valence-electron chi connectivity index (χ0n) is 22.4. The molecule has 1 aliphatic rings. The second-order valence-corrected chi connectivity index (χ2v) is 10.2. The first-order valence-electron chi connectivity index (χ1n) is 12.2. The summed E-state index contributed by atoms with van der Waals surface area (Å²) >= 11 is 6.72. The van der Waals surface area contributed by atoms with Crippen LogP contribution in [0.1, 0.15) is 11.1 Å². The molecule has 1 heterocycles. The summed E-state index contributed by atoms with van der Waals surface area (Å²) in [5, 5.41) is 5.29. The number of halogens is 1. The molecule has 41 heavy (non-hydrogen) atoms. The zero-order chi connectivity index (χ0) is 29.5. The number of anilines is 2. The lowest BCUT2D eigenvalue weighted by Gasteiger charge is -2.14. The van der Waals surface area contributed by atoms with Gasteiger partial charge in [0.05, 0.1) is 24.8 Å². The van der Waals surface area contributed by atoms with Crippen LogP contribution in [0.3, 0.4) is 0 Å². The lowest BCUT2D eigenvalue weighted by atomic mass is 10.2. The van der Waals surface area contributed by atoms with Gasteiger partial charge in [-0.3, -0.25) is 24.1 Å². The maximum atomic E-state index is 12.9. The highest BCUT2D eigenvalue weighted by atomic mass is 35.5. The van der Waals surface area contributed by atoms with E-state index < -0.39 is 29.5 Å². The number of imide groups is 1. The van der Waals surface area contributed by atoms with Gasteiger partial charge in [0, 0.05) is 10.7 Å². The van der Waals surface area contributed by atoms with E-state index in [1.807, 2.05) is 0 Å². The summed E-state index contributed by atoms with van der Waals surface area (Å²) in [4.78, 5) is 51.4. The van der Waals surface area contributed by atoms with Crippen LogP contribution in [0.15, 0.2) is 65.6 Å². The molecule has 0 saturated carbocycles. The fourth-order valence-corrected chi connectivity index (χ4v) is 4.83. The predicted octanol–water partition coefficient (Wildman–Crippen LogP) is 5.36. The van der Waals surface area contributed by atoms with E-state index in [1.54, 1.807) is 67.6 Å². The summed E-state index contributed by atoms with van der Waals surface area (Å²) in [5.41, 5.74) is 2.35. The number of nitrogens with zero attached hydrogens (tertiary/aromatic N) is 1. The van der Waals surface area contributed by atoms with Gasteiger partial charge in [-0.25, -0.2) is 0 Å². The van der Waals surface area contributed by atoms with Crippen molar-refractivity contribution in [1.82, 2.24) is 4.90 Å². The summed E-state index contributed by atoms with van der Waals surface area (Å²) in [6.45, 7) is 1.07. The van der Waals surface area contributed by atoms with Gasteiger partial charge in [0.1, 0.15) is 12.3 Å². The van der Waals surface area contributed by atoms with Crippen molar-refractivity contribution in [2.24, 2.45) is 0 Å². The summed E-state index contributed by atoms with van der Waals surface area (Å²) in [6.07, 6.45) is 1.52. The molecule has 1 fully saturated rings. The van der Waals surface area contributed by atoms with Crippen LogP contribution < -0.4 is 24.8 Å². The third-order valence-corrected chi connectivity index (χ3v) is 7.02. The van der Waals surface area contributed by atoms with Crippen molar-refractivity contribution in [2.75, 3.05) is 38.0 Å². The number of carbonyl (C=O) groups excluding carboxylic acids is 4. The van der Waals surface area contributed by atoms with Crippen molar-refractivity contribution in [3.05, 3.63) is 81.7 Å². The van der Waals surface area contributed by atoms with Crippen LogP contribution in [0.2, 0.25) is 5.02 Å². The Bertz CT molecular complexity index is 1540. The number of nitrogens with one attached hydrogen (secondary N) is 2. The summed E-state index contributed by atoms with van der Waals surface area (Å²) in [5.74, 6) is -0.379. The molecule has 3 aromatic rings. The third kappa shape index (κ3) is 7.38. The van der Waals surface area contributed by atoms with Crippen LogP contribution in [-0.4, -0.2) is 55.2 Å². The van der Waals surface area contributed by atoms with Crippen LogP contribution in [0.4, 0.5) is 16.2 Å². The molecule has 1 aliphatic heterocycles. The first kappa shape index (κ1) is 29.5. The number of carbonyl (C=O) groups is 4. The highest BCUT2D eigenvalue weighted by molar-refractivity contribution is 8.18. The number of amides is 4. The van der Waals surface area contributed by atoms with Gasteiger partial charge in [-0.15, -0.1) is 0 Å². The minimum atomic E-state index is -0.592. The number of benzene rings is 3. The molecule has 0 unspecified atom stereocenters. The molecule has 0 bridgehead atoms. The largest absolute Gasteiger partial charge is 0.495 e. The fourth-order valence-electron chi connectivity index (χ4n) is 3.82. The molecule has 3 aromatic carbocycles. The highest BCUT2D eigenvalue weighted by Gasteiger charge is 2.36. The molecule has 0 radical (unpaired) electrons. The molecular weight excluding hydrogens is 570 g/mol. The Kier molecular flexibility index (Phi) is 9.53. The minimum Gasteiger partial charge on any atom is -0.495 e. The number of hydrogen-bond acceptors (Lipinski definition) is 8. The number of methoxy groups -OCH3 is 2. The number of para-hydroxylation sites is 2. The van der Waals surface area contributed by atoms with Crippen LogP contribution >= 0.6 is 23.4 Å². The quantitative estimate of drug-likeness (QED) is 0.300. The van der Waals surface area contributed by atoms with Crippen molar-refractivity contribution >= 4 is 63.8 Å². The molecule has 4 rings (SSSR count). The maximum Gasteiger partial charge on any atom is 0.294 e. The van der Waals surface area contributed by atoms with Gasteiger partial charge in [0.2, 0.25) is 5.91 Å². The Morgan fingerprint density at radius 1 is 0.902 bits per heavy atom. The van der Waals surface area contributed by atoms with E-state index in [9.17, 15) is 19.2 Å². The monoisotopic (exact) mass is 595 g/mol. The summed E-state index contributed by atoms with van der Waals surface area (Å²) in [6, 6.07) is 16.9. The van der Waals surface area contributed by atoms with Crippen LogP contribution in [0.25, 0.3) is 6.08 Å². The second-order valence-electron chi connectivity index (χ2n) is 8.72. The molecular formula is C29H26ClN3O7S. The average molecular weight is 596 g/mol. The Morgan fingerprint density at radius 3 is 2.39 bits per heavy atom. The van der Waals surface area contributed by atoms with Crippen molar-refractivity contribution in [3.8, 4) is 17.2 Å². The van der Waals surface area contributed by atoms with E-state index in [0.29, 0.717) is 39.2 Å². The van der Waals surface area contributed by atoms with E-state index in [1.165, 1.54) is 20.3 Å². The second kappa shape index (κ2) is 13.2. The van der Waals surface area contributed by atoms with Crippen LogP contribution in [-0.2, 0) is 14.4 Å². The average Bonchev–Trinajstić information content (AvgIpc) is 3.21. The van der Waals surface area contributed by atoms with E-state index in [4.69, 9.17) is 25.8 Å². The van der Waals surface area contributed by atoms with E-state index in [-0.39, 0.29) is 11.5 Å². The lowest BCUT2D eigenvalue weighted by molar-refractivity contribution is -0.127. The first-order valence-corrected chi connectivity index (χ1v) is 13.4. The molecule has 0 atom stereocenters. The van der Waals surface area contributed by atoms with E-state index >= 15 is 0 Å². The van der Waals surface area contributed by atoms with E-state index in [2.05, 4.69) is 10.6 Å². The van der Waals surface area contributed by atoms with Gasteiger partial charge in [0.15, 0.2) is 18.1 Å². The predicted molar refractivity (Wildman–Crippen MR) is 158 cm³/mol. The zero-order valence-corrected chi connectivity index (χ0v) is 23.9. The standard InChI is InChI=1S/C29H26ClN3O7S/c1-17-8-10-19(30)14-21(17)32-26(34)15-33-28(36)25(41-29(33)37)13-18-9-11-23(24(12-18)39-3)40-16-27(35)31-20-6-4-5-7-22(20)38-2/h4-14H,15-16H2,1-3H3,(H,31,35)(H,32,34)/b25-13-. The van der Waals surface area contributed by atoms with Gasteiger partial charge in [0.25, 0.3) is 17.1 Å². The van der Waals surface area contributed by atoms with Crippen molar-refractivity contribution < 1.29 is 33.4 Å². The lowest BCUT2D eigenvalue weighted by Crippen LogP contribution is -2.36. The topological polar surface area (TPSA) is 123 Å². The highest BCUT2D eigenvalue weighted by Crippen LogP contribution is 2.35. The maximum absolute atomic E-state index is 12.9. The van der Waals surface area contributed by atoms with E-state index in [0.717, 1.165) is 22.2 Å². The molecule has 2 N–H and O–H groups in total. The fraction of sp³-hybridized carbons (Fsp3) is 0.172. The normalized spacial score (nSPS) is 13.8. The Balaban J connectivity index is 1.39. The molecule has 0 spiro atoms. The van der Waals surface area contributed by atoms with Crippen molar-refractivity contribution in [3.63, 3.8) is 0 Å². The third-order valence-electron chi connectivity index (χ3n) is 5.87. The number of rotatable bonds is 10. The van der Waals surface area contributed by atoms with Gasteiger partial charge in [-0.1, -0.05) is 35.9 Å². The van der Waals surface area contributed by atoms with Crippen molar-refractivity contribution in [1.29, 1.82) is 0 Å². The Morgan fingerprint density at radius 2 is 1.63 bits per heavy atom. The molecule has 212 valence electrons. The van der Waals surface area contributed by atoms with Crippen LogP contribution in [0.5, 0.6) is 17.2 Å². The number of aryl methyl sites for hydroxylation is 1. The smallest absolute Gasteiger partial charge is 0.294 e. The molecule has 4 amide bonds. The number of hydrogen-bond donors (Lipinski definition) is 2. The van der Waals surface area contributed by atoms with Crippen molar-refractivity contribution in [2.45, 2.75) is 6.92 Å². The minimum absolute atomic E-state index is 0.147.